The van der Waals surface area contributed by atoms with Gasteiger partial charge in [-0.25, -0.2) is 0 Å². The van der Waals surface area contributed by atoms with Crippen molar-refractivity contribution in [1.82, 2.24) is 5.32 Å². The molecule has 3 nitrogen and oxygen atoms in total. The summed E-state index contributed by atoms with van der Waals surface area (Å²) >= 11 is 3.36. The highest BCUT2D eigenvalue weighted by atomic mass is 32.1. The van der Waals surface area contributed by atoms with Crippen molar-refractivity contribution in [2.24, 2.45) is 0 Å². The maximum Gasteiger partial charge on any atom is 0.325 e. The normalized spacial score (nSPS) is 11.8. The Kier molecular flexibility index (Phi) is 4.39. The van der Waals surface area contributed by atoms with Crippen LogP contribution in [0.4, 0.5) is 0 Å². The Morgan fingerprint density at radius 3 is 2.11 bits per heavy atom. The molecule has 0 radical (unpaired) electrons. The molecular weight excluding hydrogens is 278 g/mol. The van der Waals surface area contributed by atoms with E-state index in [1.807, 2.05) is 36.7 Å². The molecule has 5 heteroatoms. The number of thiophene rings is 2. The summed E-state index contributed by atoms with van der Waals surface area (Å²) in [5.41, 5.74) is -0.729. The van der Waals surface area contributed by atoms with Gasteiger partial charge in [0.2, 0.25) is 0 Å². The predicted molar refractivity (Wildman–Crippen MR) is 79.7 cm³/mol. The Morgan fingerprint density at radius 2 is 1.74 bits per heavy atom. The van der Waals surface area contributed by atoms with Crippen LogP contribution in [-0.4, -0.2) is 18.6 Å². The topological polar surface area (TPSA) is 38.3 Å². The predicted octanol–water partition coefficient (Wildman–Crippen LogP) is 3.44. The fourth-order valence-electron chi connectivity index (χ4n) is 1.87. The summed E-state index contributed by atoms with van der Waals surface area (Å²) in [5, 5.41) is 7.48. The maximum absolute atomic E-state index is 11.8. The molecule has 0 bridgehead atoms. The molecular formula is C14H17NO2S2. The highest BCUT2D eigenvalue weighted by molar-refractivity contribution is 7.11. The van der Waals surface area contributed by atoms with Gasteiger partial charge in [0.05, 0.1) is 13.2 Å². The summed E-state index contributed by atoms with van der Waals surface area (Å²) in [5.74, 6) is -0.259. The summed E-state index contributed by atoms with van der Waals surface area (Å²) in [6.07, 6.45) is 0. The van der Waals surface area contributed by atoms with Crippen LogP contribution < -0.4 is 5.32 Å². The van der Waals surface area contributed by atoms with Crippen molar-refractivity contribution in [2.75, 3.05) is 7.11 Å². The summed E-state index contributed by atoms with van der Waals surface area (Å²) in [7, 11) is 1.41. The Morgan fingerprint density at radius 1 is 1.21 bits per heavy atom. The number of methoxy groups -OCH3 is 1. The molecule has 0 amide bonds. The van der Waals surface area contributed by atoms with Crippen LogP contribution in [0.3, 0.4) is 0 Å². The van der Waals surface area contributed by atoms with E-state index in [1.54, 1.807) is 22.7 Å². The lowest BCUT2D eigenvalue weighted by atomic mass is 10.0. The molecule has 0 aliphatic carbocycles. The third-order valence-electron chi connectivity index (χ3n) is 2.86. The molecule has 0 spiro atoms. The number of nitrogens with one attached hydrogen (secondary N) is 1. The first-order chi connectivity index (χ1) is 9.04. The molecule has 0 saturated carbocycles. The van der Waals surface area contributed by atoms with Gasteiger partial charge in [-0.1, -0.05) is 12.1 Å². The average molecular weight is 295 g/mol. The first-order valence-electron chi connectivity index (χ1n) is 5.97. The zero-order chi connectivity index (χ0) is 13.9. The Hall–Kier alpha value is -1.17. The molecule has 2 aromatic heterocycles. The van der Waals surface area contributed by atoms with Crippen LogP contribution in [0, 0.1) is 0 Å². The molecule has 0 aliphatic rings. The SMILES string of the molecule is COC(=O)C(C)(C)NC(c1cccs1)c1cccs1. The van der Waals surface area contributed by atoms with Gasteiger partial charge in [0.25, 0.3) is 0 Å². The van der Waals surface area contributed by atoms with Crippen LogP contribution in [0.25, 0.3) is 0 Å². The summed E-state index contributed by atoms with van der Waals surface area (Å²) in [6.45, 7) is 3.68. The quantitative estimate of drug-likeness (QED) is 0.859. The van der Waals surface area contributed by atoms with Crippen LogP contribution in [-0.2, 0) is 9.53 Å². The largest absolute Gasteiger partial charge is 0.468 e. The number of carbonyl (C=O) groups is 1. The summed E-state index contributed by atoms with van der Waals surface area (Å²) in [4.78, 5) is 14.2. The van der Waals surface area contributed by atoms with E-state index in [9.17, 15) is 4.79 Å². The summed E-state index contributed by atoms with van der Waals surface area (Å²) in [6, 6.07) is 8.22. The zero-order valence-electron chi connectivity index (χ0n) is 11.2. The molecule has 2 heterocycles. The van der Waals surface area contributed by atoms with E-state index in [0.717, 1.165) is 0 Å². The van der Waals surface area contributed by atoms with Gasteiger partial charge in [-0.3, -0.25) is 10.1 Å². The van der Waals surface area contributed by atoms with E-state index < -0.39 is 5.54 Å². The number of hydrogen-bond acceptors (Lipinski definition) is 5. The van der Waals surface area contributed by atoms with Gasteiger partial charge in [0.1, 0.15) is 5.54 Å². The molecule has 2 aromatic rings. The molecule has 19 heavy (non-hydrogen) atoms. The molecule has 0 fully saturated rings. The minimum absolute atomic E-state index is 0.0223. The first-order valence-corrected chi connectivity index (χ1v) is 7.73. The van der Waals surface area contributed by atoms with Crippen molar-refractivity contribution in [1.29, 1.82) is 0 Å². The van der Waals surface area contributed by atoms with Crippen LogP contribution >= 0.6 is 22.7 Å². The van der Waals surface area contributed by atoms with Crippen molar-refractivity contribution >= 4 is 28.6 Å². The minimum atomic E-state index is -0.729. The van der Waals surface area contributed by atoms with Crippen molar-refractivity contribution < 1.29 is 9.53 Å². The molecule has 0 atom stereocenters. The van der Waals surface area contributed by atoms with Gasteiger partial charge in [-0.2, -0.15) is 0 Å². The monoisotopic (exact) mass is 295 g/mol. The van der Waals surface area contributed by atoms with Gasteiger partial charge >= 0.3 is 5.97 Å². The molecule has 1 N–H and O–H groups in total. The van der Waals surface area contributed by atoms with E-state index in [4.69, 9.17) is 4.74 Å². The van der Waals surface area contributed by atoms with E-state index >= 15 is 0 Å². The van der Waals surface area contributed by atoms with Crippen LogP contribution in [0.5, 0.6) is 0 Å². The van der Waals surface area contributed by atoms with E-state index in [-0.39, 0.29) is 12.0 Å². The minimum Gasteiger partial charge on any atom is -0.468 e. The highest BCUT2D eigenvalue weighted by Crippen LogP contribution is 2.31. The first kappa shape index (κ1) is 14.2. The Balaban J connectivity index is 2.28. The molecule has 0 aromatic carbocycles. The second kappa shape index (κ2) is 5.86. The van der Waals surface area contributed by atoms with Gasteiger partial charge in [-0.05, 0) is 36.7 Å². The molecule has 0 unspecified atom stereocenters. The van der Waals surface area contributed by atoms with Gasteiger partial charge in [0.15, 0.2) is 0 Å². The van der Waals surface area contributed by atoms with Gasteiger partial charge < -0.3 is 4.74 Å². The van der Waals surface area contributed by atoms with Crippen molar-refractivity contribution in [3.05, 3.63) is 44.8 Å². The smallest absolute Gasteiger partial charge is 0.325 e. The van der Waals surface area contributed by atoms with Crippen LogP contribution in [0.1, 0.15) is 29.6 Å². The van der Waals surface area contributed by atoms with Gasteiger partial charge in [-0.15, -0.1) is 22.7 Å². The average Bonchev–Trinajstić information content (AvgIpc) is 3.07. The van der Waals surface area contributed by atoms with E-state index in [0.29, 0.717) is 0 Å². The van der Waals surface area contributed by atoms with Crippen LogP contribution in [0.15, 0.2) is 35.0 Å². The third-order valence-corrected chi connectivity index (χ3v) is 4.73. The van der Waals surface area contributed by atoms with Crippen LogP contribution in [0.2, 0.25) is 0 Å². The number of ether oxygens (including phenoxy) is 1. The number of rotatable bonds is 5. The van der Waals surface area contributed by atoms with Crippen molar-refractivity contribution in [3.63, 3.8) is 0 Å². The lowest BCUT2D eigenvalue weighted by molar-refractivity contribution is -0.147. The lowest BCUT2D eigenvalue weighted by Crippen LogP contribution is -2.49. The Labute approximate surface area is 121 Å². The standard InChI is InChI=1S/C14H17NO2S2/c1-14(2,13(16)17-3)15-12(10-6-4-8-18-10)11-7-5-9-19-11/h4-9,12,15H,1-3H3. The lowest BCUT2D eigenvalue weighted by Gasteiger charge is -2.28. The van der Waals surface area contributed by atoms with Crippen molar-refractivity contribution in [3.8, 4) is 0 Å². The molecule has 2 rings (SSSR count). The second-order valence-electron chi connectivity index (χ2n) is 4.72. The van der Waals surface area contributed by atoms with E-state index in [1.165, 1.54) is 16.9 Å². The van der Waals surface area contributed by atoms with Crippen molar-refractivity contribution in [2.45, 2.75) is 25.4 Å². The van der Waals surface area contributed by atoms with E-state index in [2.05, 4.69) is 17.4 Å². The summed E-state index contributed by atoms with van der Waals surface area (Å²) < 4.78 is 4.86. The number of carbonyl (C=O) groups excluding carboxylic acids is 1. The molecule has 102 valence electrons. The van der Waals surface area contributed by atoms with Gasteiger partial charge in [0, 0.05) is 9.75 Å². The molecule has 0 saturated heterocycles. The number of esters is 1. The number of hydrogen-bond donors (Lipinski definition) is 1. The second-order valence-corrected chi connectivity index (χ2v) is 6.68. The fraction of sp³-hybridized carbons (Fsp3) is 0.357. The third kappa shape index (κ3) is 3.23. The zero-order valence-corrected chi connectivity index (χ0v) is 12.8. The Bertz CT molecular complexity index is 483. The highest BCUT2D eigenvalue weighted by Gasteiger charge is 2.32. The molecule has 0 aliphatic heterocycles. The maximum atomic E-state index is 11.8. The fourth-order valence-corrected chi connectivity index (χ4v) is 3.53.